The molecule has 0 spiro atoms. The van der Waals surface area contributed by atoms with Gasteiger partial charge in [0.05, 0.1) is 16.9 Å². The molecular weight excluding hydrogens is 244 g/mol. The van der Waals surface area contributed by atoms with E-state index in [0.29, 0.717) is 0 Å². The van der Waals surface area contributed by atoms with Gasteiger partial charge in [-0.3, -0.25) is 0 Å². The van der Waals surface area contributed by atoms with Gasteiger partial charge in [0.1, 0.15) is 0 Å². The van der Waals surface area contributed by atoms with E-state index in [9.17, 15) is 0 Å². The molecule has 0 atom stereocenters. The molecule has 2 heteroatoms. The van der Waals surface area contributed by atoms with Crippen LogP contribution in [-0.2, 0) is 0 Å². The highest BCUT2D eigenvalue weighted by atomic mass is 14.9. The number of aromatic nitrogens is 2. The molecule has 96 valence electrons. The van der Waals surface area contributed by atoms with Gasteiger partial charge in [-0.15, -0.1) is 0 Å². The van der Waals surface area contributed by atoms with Crippen LogP contribution in [0.5, 0.6) is 0 Å². The first kappa shape index (κ1) is 11.2. The van der Waals surface area contributed by atoms with Crippen molar-refractivity contribution in [3.63, 3.8) is 0 Å². The Balaban J connectivity index is 2.02. The zero-order valence-corrected chi connectivity index (χ0v) is 11.2. The zero-order valence-electron chi connectivity index (χ0n) is 11.2. The molecule has 0 amide bonds. The highest BCUT2D eigenvalue weighted by Gasteiger charge is 2.07. The van der Waals surface area contributed by atoms with E-state index in [2.05, 4.69) is 71.4 Å². The Bertz CT molecular complexity index is 919. The van der Waals surface area contributed by atoms with E-state index in [1.165, 1.54) is 10.8 Å². The molecule has 0 bridgehead atoms. The predicted octanol–water partition coefficient (Wildman–Crippen LogP) is 4.46. The topological polar surface area (TPSA) is 17.3 Å². The maximum Gasteiger partial charge on any atom is 0.0946 e. The molecular formula is C18H14N2. The summed E-state index contributed by atoms with van der Waals surface area (Å²) >= 11 is 0. The number of hydrogen-bond donors (Lipinski definition) is 0. The van der Waals surface area contributed by atoms with Gasteiger partial charge in [-0.25, -0.2) is 4.98 Å². The van der Waals surface area contributed by atoms with Crippen LogP contribution in [0.3, 0.4) is 0 Å². The van der Waals surface area contributed by atoms with Gasteiger partial charge in [0.25, 0.3) is 0 Å². The van der Waals surface area contributed by atoms with Gasteiger partial charge in [0.15, 0.2) is 0 Å². The number of hydrogen-bond acceptors (Lipinski definition) is 1. The van der Waals surface area contributed by atoms with Crippen LogP contribution < -0.4 is 0 Å². The van der Waals surface area contributed by atoms with Crippen LogP contribution in [0, 0.1) is 6.92 Å². The smallest absolute Gasteiger partial charge is 0.0946 e. The maximum atomic E-state index is 4.73. The summed E-state index contributed by atoms with van der Waals surface area (Å²) in [6.45, 7) is 2.03. The summed E-state index contributed by atoms with van der Waals surface area (Å²) in [5.41, 5.74) is 4.37. The highest BCUT2D eigenvalue weighted by molar-refractivity contribution is 5.89. The largest absolute Gasteiger partial charge is 0.320 e. The van der Waals surface area contributed by atoms with Crippen molar-refractivity contribution < 1.29 is 0 Å². The lowest BCUT2D eigenvalue weighted by Gasteiger charge is -2.07. The van der Waals surface area contributed by atoms with Crippen molar-refractivity contribution in [2.75, 3.05) is 0 Å². The predicted molar refractivity (Wildman–Crippen MR) is 82.9 cm³/mol. The summed E-state index contributed by atoms with van der Waals surface area (Å²) in [6, 6.07) is 19.1. The summed E-state index contributed by atoms with van der Waals surface area (Å²) in [5, 5.41) is 2.51. The second-order valence-electron chi connectivity index (χ2n) is 5.09. The normalized spacial score (nSPS) is 11.2. The summed E-state index contributed by atoms with van der Waals surface area (Å²) in [5.74, 6) is 0. The third-order valence-corrected chi connectivity index (χ3v) is 3.66. The minimum absolute atomic E-state index is 1.02. The molecule has 2 aromatic carbocycles. The first-order chi connectivity index (χ1) is 9.81. The van der Waals surface area contributed by atoms with Crippen LogP contribution in [-0.4, -0.2) is 9.38 Å². The fraction of sp³-hybridized carbons (Fsp3) is 0.0556. The van der Waals surface area contributed by atoms with E-state index >= 15 is 0 Å². The average molecular weight is 258 g/mol. The fourth-order valence-electron chi connectivity index (χ4n) is 2.72. The second kappa shape index (κ2) is 4.20. The second-order valence-corrected chi connectivity index (χ2v) is 5.09. The minimum Gasteiger partial charge on any atom is -0.320 e. The SMILES string of the molecule is Cc1cn2cccc2c(-c2ccc3ccccc3c2)n1. The van der Waals surface area contributed by atoms with Crippen molar-refractivity contribution >= 4 is 16.3 Å². The third-order valence-electron chi connectivity index (χ3n) is 3.66. The van der Waals surface area contributed by atoms with Crippen LogP contribution in [0.4, 0.5) is 0 Å². The van der Waals surface area contributed by atoms with Gasteiger partial charge in [-0.05, 0) is 35.9 Å². The van der Waals surface area contributed by atoms with Crippen molar-refractivity contribution in [3.8, 4) is 11.3 Å². The maximum absolute atomic E-state index is 4.73. The van der Waals surface area contributed by atoms with Gasteiger partial charge in [0, 0.05) is 18.0 Å². The molecule has 0 N–H and O–H groups in total. The van der Waals surface area contributed by atoms with Crippen LogP contribution in [0.25, 0.3) is 27.5 Å². The van der Waals surface area contributed by atoms with Gasteiger partial charge >= 0.3 is 0 Å². The van der Waals surface area contributed by atoms with Gasteiger partial charge in [-0.1, -0.05) is 36.4 Å². The molecule has 0 aliphatic rings. The molecule has 4 aromatic rings. The first-order valence-corrected chi connectivity index (χ1v) is 6.75. The lowest BCUT2D eigenvalue weighted by Crippen LogP contribution is -1.94. The lowest BCUT2D eigenvalue weighted by molar-refractivity contribution is 1.09. The number of nitrogens with zero attached hydrogens (tertiary/aromatic N) is 2. The Morgan fingerprint density at radius 3 is 2.65 bits per heavy atom. The quantitative estimate of drug-likeness (QED) is 0.492. The Labute approximate surface area is 117 Å². The van der Waals surface area contributed by atoms with E-state index in [4.69, 9.17) is 4.98 Å². The van der Waals surface area contributed by atoms with Crippen molar-refractivity contribution in [3.05, 3.63) is 72.7 Å². The number of fused-ring (bicyclic) bond motifs is 2. The molecule has 0 aliphatic heterocycles. The van der Waals surface area contributed by atoms with E-state index in [1.807, 2.05) is 6.92 Å². The molecule has 2 aromatic heterocycles. The Kier molecular flexibility index (Phi) is 2.36. The zero-order chi connectivity index (χ0) is 13.5. The Hall–Kier alpha value is -2.61. The Morgan fingerprint density at radius 1 is 0.900 bits per heavy atom. The molecule has 4 rings (SSSR count). The minimum atomic E-state index is 1.02. The standard InChI is InChI=1S/C18H14N2/c1-13-12-20-10-4-7-17(20)18(19-13)16-9-8-14-5-2-3-6-15(14)11-16/h2-12H,1H3. The van der Waals surface area contributed by atoms with Crippen molar-refractivity contribution in [2.45, 2.75) is 6.92 Å². The lowest BCUT2D eigenvalue weighted by atomic mass is 10.0. The number of rotatable bonds is 1. The third kappa shape index (κ3) is 1.69. The van der Waals surface area contributed by atoms with E-state index in [-0.39, 0.29) is 0 Å². The molecule has 0 fully saturated rings. The van der Waals surface area contributed by atoms with Crippen LogP contribution >= 0.6 is 0 Å². The van der Waals surface area contributed by atoms with Crippen LogP contribution in [0.15, 0.2) is 67.0 Å². The monoisotopic (exact) mass is 258 g/mol. The molecule has 0 unspecified atom stereocenters. The number of benzene rings is 2. The van der Waals surface area contributed by atoms with Gasteiger partial charge in [0.2, 0.25) is 0 Å². The van der Waals surface area contributed by atoms with Crippen molar-refractivity contribution in [1.82, 2.24) is 9.38 Å². The summed E-state index contributed by atoms with van der Waals surface area (Å²) < 4.78 is 2.13. The summed E-state index contributed by atoms with van der Waals surface area (Å²) in [4.78, 5) is 4.73. The molecule has 2 nitrogen and oxygen atoms in total. The van der Waals surface area contributed by atoms with Gasteiger partial charge in [-0.2, -0.15) is 0 Å². The van der Waals surface area contributed by atoms with Crippen molar-refractivity contribution in [2.24, 2.45) is 0 Å². The van der Waals surface area contributed by atoms with Crippen LogP contribution in [0.1, 0.15) is 5.69 Å². The van der Waals surface area contributed by atoms with Crippen molar-refractivity contribution in [1.29, 1.82) is 0 Å². The van der Waals surface area contributed by atoms with Gasteiger partial charge < -0.3 is 4.40 Å². The molecule has 0 radical (unpaired) electrons. The average Bonchev–Trinajstić information content (AvgIpc) is 2.94. The molecule has 0 saturated heterocycles. The molecule has 0 saturated carbocycles. The van der Waals surface area contributed by atoms with E-state index in [0.717, 1.165) is 22.5 Å². The molecule has 2 heterocycles. The first-order valence-electron chi connectivity index (χ1n) is 6.75. The highest BCUT2D eigenvalue weighted by Crippen LogP contribution is 2.26. The molecule has 20 heavy (non-hydrogen) atoms. The fourth-order valence-corrected chi connectivity index (χ4v) is 2.72. The van der Waals surface area contributed by atoms with E-state index < -0.39 is 0 Å². The van der Waals surface area contributed by atoms with Crippen LogP contribution in [0.2, 0.25) is 0 Å². The summed E-state index contributed by atoms with van der Waals surface area (Å²) in [6.07, 6.45) is 4.12. The van der Waals surface area contributed by atoms with E-state index in [1.54, 1.807) is 0 Å². The Morgan fingerprint density at radius 2 is 1.75 bits per heavy atom. The molecule has 0 aliphatic carbocycles. The number of aryl methyl sites for hydroxylation is 1. The summed E-state index contributed by atoms with van der Waals surface area (Å²) in [7, 11) is 0.